The molecule has 0 atom stereocenters. The van der Waals surface area contributed by atoms with Gasteiger partial charge in [-0.3, -0.25) is 0 Å². The summed E-state index contributed by atoms with van der Waals surface area (Å²) in [5.41, 5.74) is 10.3. The molecule has 0 bridgehead atoms. The van der Waals surface area contributed by atoms with E-state index in [0.29, 0.717) is 0 Å². The van der Waals surface area contributed by atoms with Crippen molar-refractivity contribution in [3.63, 3.8) is 0 Å². The van der Waals surface area contributed by atoms with Gasteiger partial charge in [-0.2, -0.15) is 0 Å². The van der Waals surface area contributed by atoms with E-state index in [0.717, 1.165) is 12.8 Å². The predicted molar refractivity (Wildman–Crippen MR) is 140 cm³/mol. The molecule has 0 amide bonds. The monoisotopic (exact) mass is 424 g/mol. The molecule has 0 unspecified atom stereocenters. The second kappa shape index (κ2) is 6.98. The van der Waals surface area contributed by atoms with Crippen LogP contribution in [0.3, 0.4) is 0 Å². The molecule has 0 saturated heterocycles. The molecule has 1 aliphatic carbocycles. The van der Waals surface area contributed by atoms with Crippen molar-refractivity contribution in [3.8, 4) is 11.4 Å². The fourth-order valence-corrected chi connectivity index (χ4v) is 5.52. The van der Waals surface area contributed by atoms with E-state index >= 15 is 0 Å². The van der Waals surface area contributed by atoms with E-state index in [1.165, 1.54) is 60.9 Å². The van der Waals surface area contributed by atoms with Crippen LogP contribution in [0, 0.1) is 6.92 Å². The molecule has 0 radical (unpaired) electrons. The molecule has 2 heteroatoms. The summed E-state index contributed by atoms with van der Waals surface area (Å²) in [7, 11) is 0. The lowest BCUT2D eigenvalue weighted by molar-refractivity contribution is 0.888. The third-order valence-electron chi connectivity index (χ3n) is 7.04. The minimum absolute atomic E-state index is 1.07. The summed E-state index contributed by atoms with van der Waals surface area (Å²) in [6, 6.07) is 33.3. The van der Waals surface area contributed by atoms with Crippen LogP contribution in [0.15, 0.2) is 97.1 Å². The van der Waals surface area contributed by atoms with Crippen molar-refractivity contribution in [2.75, 3.05) is 0 Å². The summed E-state index contributed by atoms with van der Waals surface area (Å²) < 4.78 is 4.89. The Labute approximate surface area is 193 Å². The Kier molecular flexibility index (Phi) is 3.92. The molecule has 158 valence electrons. The highest BCUT2D eigenvalue weighted by Crippen LogP contribution is 2.40. The zero-order valence-electron chi connectivity index (χ0n) is 18.6. The van der Waals surface area contributed by atoms with Gasteiger partial charge in [0.15, 0.2) is 0 Å². The van der Waals surface area contributed by atoms with Crippen LogP contribution in [0.4, 0.5) is 0 Å². The van der Waals surface area contributed by atoms with E-state index in [1.807, 2.05) is 0 Å². The van der Waals surface area contributed by atoms with E-state index in [9.17, 15) is 0 Å². The van der Waals surface area contributed by atoms with Gasteiger partial charge in [-0.1, -0.05) is 66.2 Å². The highest BCUT2D eigenvalue weighted by Gasteiger charge is 2.21. The van der Waals surface area contributed by atoms with Crippen LogP contribution in [0.2, 0.25) is 0 Å². The fraction of sp³-hybridized carbons (Fsp3) is 0.0968. The zero-order valence-corrected chi connectivity index (χ0v) is 18.6. The normalized spacial score (nSPS) is 13.2. The third-order valence-corrected chi connectivity index (χ3v) is 7.04. The molecule has 2 heterocycles. The summed E-state index contributed by atoms with van der Waals surface area (Å²) >= 11 is 0. The van der Waals surface area contributed by atoms with Gasteiger partial charge in [0.25, 0.3) is 0 Å². The SMILES string of the molecule is Cc1ccc(-n2c3ccccc3c3cc4c5c(n(-c6ccccc6)c4cc32)CCC=C5)cc1. The van der Waals surface area contributed by atoms with E-state index in [-0.39, 0.29) is 0 Å². The van der Waals surface area contributed by atoms with Crippen LogP contribution in [0.25, 0.3) is 50.2 Å². The van der Waals surface area contributed by atoms with Crippen molar-refractivity contribution in [2.45, 2.75) is 19.8 Å². The van der Waals surface area contributed by atoms with Crippen molar-refractivity contribution >= 4 is 38.8 Å². The molecular formula is C31H24N2. The molecular weight excluding hydrogens is 400 g/mol. The molecule has 1 aliphatic rings. The van der Waals surface area contributed by atoms with Gasteiger partial charge in [0.1, 0.15) is 0 Å². The maximum absolute atomic E-state index is 2.48. The quantitative estimate of drug-likeness (QED) is 0.266. The molecule has 0 N–H and O–H groups in total. The van der Waals surface area contributed by atoms with Gasteiger partial charge in [-0.05, 0) is 62.2 Å². The van der Waals surface area contributed by atoms with Gasteiger partial charge < -0.3 is 9.13 Å². The molecule has 7 rings (SSSR count). The fourth-order valence-electron chi connectivity index (χ4n) is 5.52. The van der Waals surface area contributed by atoms with E-state index < -0.39 is 0 Å². The van der Waals surface area contributed by atoms with Gasteiger partial charge in [-0.15, -0.1) is 0 Å². The van der Waals surface area contributed by atoms with Crippen LogP contribution in [0.5, 0.6) is 0 Å². The molecule has 33 heavy (non-hydrogen) atoms. The average molecular weight is 425 g/mol. The van der Waals surface area contributed by atoms with Crippen molar-refractivity contribution in [1.82, 2.24) is 9.13 Å². The number of benzene rings is 4. The van der Waals surface area contributed by atoms with E-state index in [4.69, 9.17) is 0 Å². The van der Waals surface area contributed by atoms with Crippen molar-refractivity contribution in [3.05, 3.63) is 114 Å². The molecule has 0 aliphatic heterocycles. The zero-order chi connectivity index (χ0) is 21.9. The first-order valence-electron chi connectivity index (χ1n) is 11.7. The van der Waals surface area contributed by atoms with Gasteiger partial charge >= 0.3 is 0 Å². The number of rotatable bonds is 2. The van der Waals surface area contributed by atoms with Gasteiger partial charge in [0.2, 0.25) is 0 Å². The van der Waals surface area contributed by atoms with Crippen LogP contribution >= 0.6 is 0 Å². The summed E-state index contributed by atoms with van der Waals surface area (Å²) in [5.74, 6) is 0. The minimum atomic E-state index is 1.07. The molecule has 2 aromatic heterocycles. The molecule has 0 spiro atoms. The van der Waals surface area contributed by atoms with Gasteiger partial charge in [-0.25, -0.2) is 0 Å². The molecule has 4 aromatic carbocycles. The first kappa shape index (κ1) is 18.5. The number of para-hydroxylation sites is 2. The topological polar surface area (TPSA) is 9.86 Å². The smallest absolute Gasteiger partial charge is 0.0562 e. The Hall–Kier alpha value is -4.04. The number of fused-ring (bicyclic) bond motifs is 6. The molecule has 6 aromatic rings. The minimum Gasteiger partial charge on any atom is -0.313 e. The van der Waals surface area contributed by atoms with E-state index in [1.54, 1.807) is 0 Å². The first-order valence-corrected chi connectivity index (χ1v) is 11.7. The average Bonchev–Trinajstić information content (AvgIpc) is 3.36. The highest BCUT2D eigenvalue weighted by molar-refractivity contribution is 6.14. The predicted octanol–water partition coefficient (Wildman–Crippen LogP) is 8.00. The van der Waals surface area contributed by atoms with Crippen LogP contribution < -0.4 is 0 Å². The third kappa shape index (κ3) is 2.67. The Bertz CT molecular complexity index is 1690. The van der Waals surface area contributed by atoms with Crippen molar-refractivity contribution in [1.29, 1.82) is 0 Å². The lowest BCUT2D eigenvalue weighted by atomic mass is 10.0. The molecule has 0 fully saturated rings. The largest absolute Gasteiger partial charge is 0.313 e. The number of nitrogens with zero attached hydrogens (tertiary/aromatic N) is 2. The van der Waals surface area contributed by atoms with Crippen LogP contribution in [-0.4, -0.2) is 9.13 Å². The lowest BCUT2D eigenvalue weighted by Crippen LogP contribution is -2.02. The Morgan fingerprint density at radius 1 is 0.606 bits per heavy atom. The summed E-state index contributed by atoms with van der Waals surface area (Å²) in [6.07, 6.45) is 6.80. The summed E-state index contributed by atoms with van der Waals surface area (Å²) in [6.45, 7) is 2.14. The van der Waals surface area contributed by atoms with Gasteiger partial charge in [0, 0.05) is 38.8 Å². The van der Waals surface area contributed by atoms with Crippen molar-refractivity contribution in [2.24, 2.45) is 0 Å². The highest BCUT2D eigenvalue weighted by atomic mass is 15.0. The van der Waals surface area contributed by atoms with E-state index in [2.05, 4.69) is 119 Å². The standard InChI is InChI=1S/C31H24N2/c1-21-15-17-23(18-16-21)33-29-14-8-6-12-25(29)27-19-26-24-11-5-7-13-28(24)32(30(26)20-31(27)33)22-9-3-2-4-10-22/h2-6,8-12,14-20H,7,13H2,1H3. The first-order chi connectivity index (χ1) is 16.3. The molecule has 0 saturated carbocycles. The number of hydrogen-bond donors (Lipinski definition) is 0. The number of hydrogen-bond acceptors (Lipinski definition) is 0. The summed E-state index contributed by atoms with van der Waals surface area (Å²) in [4.78, 5) is 0. The Balaban J connectivity index is 1.66. The number of aromatic nitrogens is 2. The second-order valence-electron chi connectivity index (χ2n) is 9.05. The molecule has 2 nitrogen and oxygen atoms in total. The maximum Gasteiger partial charge on any atom is 0.0562 e. The van der Waals surface area contributed by atoms with Gasteiger partial charge in [0.05, 0.1) is 16.6 Å². The Morgan fingerprint density at radius 3 is 2.18 bits per heavy atom. The number of aryl methyl sites for hydroxylation is 1. The maximum atomic E-state index is 2.48. The lowest BCUT2D eigenvalue weighted by Gasteiger charge is -2.13. The number of allylic oxidation sites excluding steroid dienone is 1. The van der Waals surface area contributed by atoms with Crippen LogP contribution in [-0.2, 0) is 6.42 Å². The second-order valence-corrected chi connectivity index (χ2v) is 9.05. The van der Waals surface area contributed by atoms with Crippen molar-refractivity contribution < 1.29 is 0 Å². The van der Waals surface area contributed by atoms with Crippen LogP contribution in [0.1, 0.15) is 23.2 Å². The summed E-state index contributed by atoms with van der Waals surface area (Å²) in [5, 5.41) is 3.95. The Morgan fingerprint density at radius 2 is 1.33 bits per heavy atom.